The van der Waals surface area contributed by atoms with Gasteiger partial charge in [-0.1, -0.05) is 31.3 Å². The molecule has 0 radical (unpaired) electrons. The number of carbonyl (C=O) groups is 2. The highest BCUT2D eigenvalue weighted by Gasteiger charge is 2.15. The van der Waals surface area contributed by atoms with Gasteiger partial charge in [-0.15, -0.1) is 0 Å². The van der Waals surface area contributed by atoms with E-state index in [-0.39, 0.29) is 24.2 Å². The van der Waals surface area contributed by atoms with E-state index in [1.165, 1.54) is 6.20 Å². The topological polar surface area (TPSA) is 141 Å². The van der Waals surface area contributed by atoms with Crippen molar-refractivity contribution in [1.29, 1.82) is 0 Å². The summed E-state index contributed by atoms with van der Waals surface area (Å²) in [5, 5.41) is 14.2. The molecule has 0 aliphatic heterocycles. The molecule has 0 bridgehead atoms. The first-order chi connectivity index (χ1) is 16.8. The lowest BCUT2D eigenvalue weighted by atomic mass is 10.1. The number of benzene rings is 1. The molecule has 1 aromatic carbocycles. The normalized spacial score (nSPS) is 12.1. The van der Waals surface area contributed by atoms with Crippen LogP contribution in [0.25, 0.3) is 10.9 Å². The average molecular weight is 497 g/mol. The Labute approximate surface area is 208 Å². The van der Waals surface area contributed by atoms with Crippen molar-refractivity contribution >= 4 is 50.7 Å². The van der Waals surface area contributed by atoms with Crippen LogP contribution in [0.2, 0.25) is 0 Å². The fourth-order valence-corrected chi connectivity index (χ4v) is 4.23. The Morgan fingerprint density at radius 1 is 1.23 bits per heavy atom. The number of aryl methyl sites for hydroxylation is 1. The van der Waals surface area contributed by atoms with Crippen LogP contribution in [-0.2, 0) is 4.79 Å². The second kappa shape index (κ2) is 12.1. The van der Waals surface area contributed by atoms with Crippen LogP contribution in [-0.4, -0.2) is 57.4 Å². The summed E-state index contributed by atoms with van der Waals surface area (Å²) >= 11 is 1.14. The molecule has 11 heteroatoms. The number of aromatic amines is 1. The molecular weight excluding hydrogens is 464 g/mol. The fourth-order valence-electron chi connectivity index (χ4n) is 3.53. The molecule has 0 atom stereocenters. The van der Waals surface area contributed by atoms with E-state index in [1.54, 1.807) is 12.3 Å². The SMILES string of the molecule is CCCN(CCC)C(=O)CN/C(C)=C\C(N)=N/c1ncc(C(=O)Nc2c(C)ccc3[nH]ncc23)s1. The molecule has 0 aliphatic carbocycles. The molecule has 0 saturated heterocycles. The Bertz CT molecular complexity index is 1240. The standard InChI is InChI=1S/C24H32N8O2S/c1-5-9-32(10-6-2)21(33)14-26-16(4)11-20(25)29-24-27-13-19(35-24)23(34)30-22-15(3)7-8-18-17(22)12-28-31-18/h7-8,11-13,26H,5-6,9-10,14H2,1-4H3,(H,28,31)(H,30,34)(H2,25,27,29)/b16-11-. The molecule has 35 heavy (non-hydrogen) atoms. The largest absolute Gasteiger partial charge is 0.384 e. The van der Waals surface area contributed by atoms with E-state index < -0.39 is 0 Å². The van der Waals surface area contributed by atoms with Gasteiger partial charge in [-0.25, -0.2) is 9.98 Å². The maximum Gasteiger partial charge on any atom is 0.267 e. The molecular formula is C24H32N8O2S. The summed E-state index contributed by atoms with van der Waals surface area (Å²) in [6, 6.07) is 3.84. The number of rotatable bonds is 11. The number of nitrogens with zero attached hydrogens (tertiary/aromatic N) is 4. The van der Waals surface area contributed by atoms with Gasteiger partial charge in [0.15, 0.2) is 0 Å². The summed E-state index contributed by atoms with van der Waals surface area (Å²) in [6.07, 6.45) is 6.64. The number of fused-ring (bicyclic) bond motifs is 1. The van der Waals surface area contributed by atoms with Crippen LogP contribution in [0.4, 0.5) is 10.8 Å². The molecule has 3 rings (SSSR count). The number of nitrogens with one attached hydrogen (secondary N) is 3. The predicted molar refractivity (Wildman–Crippen MR) is 141 cm³/mol. The van der Waals surface area contributed by atoms with Gasteiger partial charge in [0.1, 0.15) is 10.7 Å². The van der Waals surface area contributed by atoms with Gasteiger partial charge in [-0.05, 0) is 44.4 Å². The molecule has 2 amide bonds. The second-order valence-electron chi connectivity index (χ2n) is 8.15. The van der Waals surface area contributed by atoms with Crippen molar-refractivity contribution in [1.82, 2.24) is 25.4 Å². The summed E-state index contributed by atoms with van der Waals surface area (Å²) < 4.78 is 0. The molecule has 0 spiro atoms. The Morgan fingerprint density at radius 2 is 1.97 bits per heavy atom. The van der Waals surface area contributed by atoms with Gasteiger partial charge in [0.25, 0.3) is 5.91 Å². The summed E-state index contributed by atoms with van der Waals surface area (Å²) in [7, 11) is 0. The van der Waals surface area contributed by atoms with Crippen molar-refractivity contribution < 1.29 is 9.59 Å². The lowest BCUT2D eigenvalue weighted by Gasteiger charge is -2.22. The van der Waals surface area contributed by atoms with Crippen LogP contribution in [0.5, 0.6) is 0 Å². The monoisotopic (exact) mass is 496 g/mol. The van der Waals surface area contributed by atoms with E-state index in [0.29, 0.717) is 21.4 Å². The number of carbonyl (C=O) groups excluding carboxylic acids is 2. The zero-order valence-corrected chi connectivity index (χ0v) is 21.3. The van der Waals surface area contributed by atoms with Gasteiger partial charge in [-0.2, -0.15) is 5.10 Å². The smallest absolute Gasteiger partial charge is 0.267 e. The highest BCUT2D eigenvalue weighted by atomic mass is 32.1. The minimum Gasteiger partial charge on any atom is -0.384 e. The number of allylic oxidation sites excluding steroid dienone is 1. The third-order valence-electron chi connectivity index (χ3n) is 5.24. The van der Waals surface area contributed by atoms with Crippen molar-refractivity contribution in [3.8, 4) is 0 Å². The maximum absolute atomic E-state index is 12.8. The molecule has 0 aliphatic rings. The Morgan fingerprint density at radius 3 is 2.69 bits per heavy atom. The minimum absolute atomic E-state index is 0.0499. The number of thiazole rings is 1. The van der Waals surface area contributed by atoms with Crippen molar-refractivity contribution in [3.05, 3.63) is 46.7 Å². The number of H-pyrrole nitrogens is 1. The summed E-state index contributed by atoms with van der Waals surface area (Å²) in [5.41, 5.74) is 9.23. The number of hydrogen-bond acceptors (Lipinski definition) is 7. The zero-order valence-electron chi connectivity index (χ0n) is 20.5. The highest BCUT2D eigenvalue weighted by molar-refractivity contribution is 7.17. The molecule has 5 N–H and O–H groups in total. The van der Waals surface area contributed by atoms with Crippen LogP contribution in [0.1, 0.15) is 48.8 Å². The molecule has 3 aromatic rings. The third kappa shape index (κ3) is 6.89. The molecule has 0 fully saturated rings. The zero-order chi connectivity index (χ0) is 25.4. The number of amides is 2. The Kier molecular flexibility index (Phi) is 8.96. The Hall–Kier alpha value is -3.73. The lowest BCUT2D eigenvalue weighted by Crippen LogP contribution is -2.38. The second-order valence-corrected chi connectivity index (χ2v) is 9.16. The first kappa shape index (κ1) is 25.9. The van der Waals surface area contributed by atoms with E-state index >= 15 is 0 Å². The molecule has 10 nitrogen and oxygen atoms in total. The number of nitrogens with two attached hydrogens (primary N) is 1. The van der Waals surface area contributed by atoms with E-state index in [9.17, 15) is 9.59 Å². The number of aromatic nitrogens is 3. The third-order valence-corrected chi connectivity index (χ3v) is 6.13. The van der Waals surface area contributed by atoms with Crippen molar-refractivity contribution in [2.75, 3.05) is 25.0 Å². The molecule has 186 valence electrons. The van der Waals surface area contributed by atoms with Gasteiger partial charge < -0.3 is 21.3 Å². The van der Waals surface area contributed by atoms with E-state index in [4.69, 9.17) is 5.73 Å². The van der Waals surface area contributed by atoms with Gasteiger partial charge in [0.2, 0.25) is 11.0 Å². The highest BCUT2D eigenvalue weighted by Crippen LogP contribution is 2.28. The van der Waals surface area contributed by atoms with Crippen LogP contribution in [0, 0.1) is 6.92 Å². The summed E-state index contributed by atoms with van der Waals surface area (Å²) in [6.45, 7) is 9.54. The average Bonchev–Trinajstić information content (AvgIpc) is 3.49. The van der Waals surface area contributed by atoms with Gasteiger partial charge in [-0.3, -0.25) is 14.7 Å². The van der Waals surface area contributed by atoms with Crippen LogP contribution < -0.4 is 16.4 Å². The fraction of sp³-hybridized carbons (Fsp3) is 0.375. The molecule has 2 aromatic heterocycles. The van der Waals surface area contributed by atoms with Crippen molar-refractivity contribution in [2.45, 2.75) is 40.5 Å². The van der Waals surface area contributed by atoms with Crippen LogP contribution >= 0.6 is 11.3 Å². The number of amidine groups is 1. The first-order valence-electron chi connectivity index (χ1n) is 11.6. The number of anilines is 1. The summed E-state index contributed by atoms with van der Waals surface area (Å²) in [4.78, 5) is 36.0. The first-order valence-corrected chi connectivity index (χ1v) is 12.4. The van der Waals surface area contributed by atoms with Gasteiger partial charge in [0, 0.05) is 24.2 Å². The van der Waals surface area contributed by atoms with Gasteiger partial charge in [0.05, 0.1) is 30.1 Å². The molecule has 0 saturated carbocycles. The van der Waals surface area contributed by atoms with Gasteiger partial charge >= 0.3 is 0 Å². The number of aliphatic imine (C=N–C) groups is 1. The van der Waals surface area contributed by atoms with E-state index in [2.05, 4.69) is 44.7 Å². The minimum atomic E-state index is -0.282. The molecule has 2 heterocycles. The van der Waals surface area contributed by atoms with Crippen molar-refractivity contribution in [3.63, 3.8) is 0 Å². The Balaban J connectivity index is 1.62. The summed E-state index contributed by atoms with van der Waals surface area (Å²) in [5.74, 6) is -0.00874. The number of hydrogen-bond donors (Lipinski definition) is 4. The lowest BCUT2D eigenvalue weighted by molar-refractivity contribution is -0.130. The molecule has 0 unspecified atom stereocenters. The predicted octanol–water partition coefficient (Wildman–Crippen LogP) is 3.71. The van der Waals surface area contributed by atoms with E-state index in [0.717, 1.165) is 53.7 Å². The maximum atomic E-state index is 12.8. The van der Waals surface area contributed by atoms with Crippen LogP contribution in [0.15, 0.2) is 41.3 Å². The van der Waals surface area contributed by atoms with Crippen molar-refractivity contribution in [2.24, 2.45) is 10.7 Å². The quantitative estimate of drug-likeness (QED) is 0.235. The van der Waals surface area contributed by atoms with E-state index in [1.807, 2.05) is 30.9 Å². The van der Waals surface area contributed by atoms with Crippen LogP contribution in [0.3, 0.4) is 0 Å².